The lowest BCUT2D eigenvalue weighted by Crippen LogP contribution is -2.53. The van der Waals surface area contributed by atoms with Crippen molar-refractivity contribution in [3.05, 3.63) is 18.3 Å². The van der Waals surface area contributed by atoms with Crippen molar-refractivity contribution in [1.82, 2.24) is 20.1 Å². The number of anilines is 1. The van der Waals surface area contributed by atoms with Gasteiger partial charge in [-0.1, -0.05) is 19.3 Å². The second kappa shape index (κ2) is 10.3. The highest BCUT2D eigenvalue weighted by Crippen LogP contribution is 2.23. The van der Waals surface area contributed by atoms with Gasteiger partial charge < -0.3 is 20.3 Å². The highest BCUT2D eigenvalue weighted by Gasteiger charge is 2.27. The number of amides is 3. The molecule has 3 amide bonds. The van der Waals surface area contributed by atoms with Crippen LogP contribution in [0.25, 0.3) is 0 Å². The number of pyridine rings is 1. The standard InChI is InChI=1S/C20H31N5O3/c1-2-21-20(27)23-16-8-9-18(22-14-16)28-15-19(26)25-12-10-24(11-13-25)17-6-4-3-5-7-17/h8-9,14,17H,2-7,10-13,15H2,1H3,(H2,21,23,27). The van der Waals surface area contributed by atoms with Crippen LogP contribution in [0.3, 0.4) is 0 Å². The number of carbonyl (C=O) groups is 2. The normalized spacial score (nSPS) is 18.5. The Morgan fingerprint density at radius 3 is 2.54 bits per heavy atom. The van der Waals surface area contributed by atoms with Gasteiger partial charge in [0.1, 0.15) is 0 Å². The number of carbonyl (C=O) groups excluding carboxylic acids is 2. The van der Waals surface area contributed by atoms with Crippen molar-refractivity contribution in [3.8, 4) is 5.88 Å². The van der Waals surface area contributed by atoms with Crippen LogP contribution in [0.2, 0.25) is 0 Å². The van der Waals surface area contributed by atoms with Gasteiger partial charge in [-0.2, -0.15) is 0 Å². The molecule has 0 bridgehead atoms. The molecule has 2 fully saturated rings. The number of rotatable bonds is 6. The summed E-state index contributed by atoms with van der Waals surface area (Å²) in [6.07, 6.45) is 8.15. The summed E-state index contributed by atoms with van der Waals surface area (Å²) in [4.78, 5) is 32.5. The van der Waals surface area contributed by atoms with E-state index in [4.69, 9.17) is 4.74 Å². The first-order valence-electron chi connectivity index (χ1n) is 10.3. The molecule has 2 N–H and O–H groups in total. The van der Waals surface area contributed by atoms with E-state index in [1.165, 1.54) is 38.3 Å². The third-order valence-electron chi connectivity index (χ3n) is 5.43. The molecule has 2 aliphatic rings. The molecule has 8 nitrogen and oxygen atoms in total. The highest BCUT2D eigenvalue weighted by atomic mass is 16.5. The van der Waals surface area contributed by atoms with E-state index in [0.717, 1.165) is 26.2 Å². The van der Waals surface area contributed by atoms with Gasteiger partial charge in [0.05, 0.1) is 11.9 Å². The number of ether oxygens (including phenoxy) is 1. The molecule has 0 unspecified atom stereocenters. The van der Waals surface area contributed by atoms with Crippen LogP contribution in [0.1, 0.15) is 39.0 Å². The Labute approximate surface area is 166 Å². The topological polar surface area (TPSA) is 86.8 Å². The summed E-state index contributed by atoms with van der Waals surface area (Å²) in [6.45, 7) is 5.82. The number of hydrogen-bond acceptors (Lipinski definition) is 5. The second-order valence-electron chi connectivity index (χ2n) is 7.37. The van der Waals surface area contributed by atoms with Crippen LogP contribution >= 0.6 is 0 Å². The number of urea groups is 1. The second-order valence-corrected chi connectivity index (χ2v) is 7.37. The first-order chi connectivity index (χ1) is 13.7. The zero-order valence-electron chi connectivity index (χ0n) is 16.7. The van der Waals surface area contributed by atoms with E-state index in [1.807, 2.05) is 11.8 Å². The van der Waals surface area contributed by atoms with E-state index in [1.54, 1.807) is 12.1 Å². The zero-order valence-corrected chi connectivity index (χ0v) is 16.7. The van der Waals surface area contributed by atoms with Crippen molar-refractivity contribution < 1.29 is 14.3 Å². The molecule has 1 aliphatic carbocycles. The first-order valence-corrected chi connectivity index (χ1v) is 10.3. The molecule has 0 spiro atoms. The summed E-state index contributed by atoms with van der Waals surface area (Å²) in [5, 5.41) is 5.32. The van der Waals surface area contributed by atoms with Crippen LogP contribution in [0.5, 0.6) is 5.88 Å². The van der Waals surface area contributed by atoms with Gasteiger partial charge in [-0.15, -0.1) is 0 Å². The molecular formula is C20H31N5O3. The Morgan fingerprint density at radius 1 is 1.14 bits per heavy atom. The molecule has 1 aromatic heterocycles. The van der Waals surface area contributed by atoms with Crippen LogP contribution in [0.15, 0.2) is 18.3 Å². The Balaban J connectivity index is 1.39. The summed E-state index contributed by atoms with van der Waals surface area (Å²) in [5.74, 6) is 0.366. The minimum absolute atomic E-state index is 0.00498. The van der Waals surface area contributed by atoms with E-state index in [-0.39, 0.29) is 18.5 Å². The van der Waals surface area contributed by atoms with Crippen molar-refractivity contribution >= 4 is 17.6 Å². The summed E-state index contributed by atoms with van der Waals surface area (Å²) < 4.78 is 5.53. The molecule has 1 aromatic rings. The molecule has 0 atom stereocenters. The third-order valence-corrected chi connectivity index (χ3v) is 5.43. The molecule has 0 aromatic carbocycles. The average Bonchev–Trinajstić information content (AvgIpc) is 2.74. The van der Waals surface area contributed by atoms with E-state index < -0.39 is 0 Å². The maximum atomic E-state index is 12.4. The summed E-state index contributed by atoms with van der Waals surface area (Å²) in [7, 11) is 0. The maximum absolute atomic E-state index is 12.4. The van der Waals surface area contributed by atoms with Crippen molar-refractivity contribution in [1.29, 1.82) is 0 Å². The Bertz CT molecular complexity index is 638. The van der Waals surface area contributed by atoms with Gasteiger partial charge in [-0.05, 0) is 25.8 Å². The van der Waals surface area contributed by atoms with Crippen molar-refractivity contribution in [2.45, 2.75) is 45.1 Å². The van der Waals surface area contributed by atoms with Gasteiger partial charge in [0.2, 0.25) is 5.88 Å². The first kappa shape index (κ1) is 20.4. The zero-order chi connectivity index (χ0) is 19.8. The van der Waals surface area contributed by atoms with Crippen molar-refractivity contribution in [2.75, 3.05) is 44.6 Å². The lowest BCUT2D eigenvalue weighted by molar-refractivity contribution is -0.135. The van der Waals surface area contributed by atoms with Crippen LogP contribution < -0.4 is 15.4 Å². The largest absolute Gasteiger partial charge is 0.468 e. The fourth-order valence-electron chi connectivity index (χ4n) is 3.89. The number of hydrogen-bond donors (Lipinski definition) is 2. The minimum atomic E-state index is -0.277. The smallest absolute Gasteiger partial charge is 0.319 e. The van der Waals surface area contributed by atoms with Crippen LogP contribution in [0.4, 0.5) is 10.5 Å². The number of piperazine rings is 1. The Hall–Kier alpha value is -2.35. The van der Waals surface area contributed by atoms with E-state index in [0.29, 0.717) is 24.2 Å². The quantitative estimate of drug-likeness (QED) is 0.778. The predicted octanol–water partition coefficient (Wildman–Crippen LogP) is 2.08. The van der Waals surface area contributed by atoms with Gasteiger partial charge in [-0.3, -0.25) is 9.69 Å². The van der Waals surface area contributed by atoms with Gasteiger partial charge in [0, 0.05) is 44.8 Å². The maximum Gasteiger partial charge on any atom is 0.319 e. The fourth-order valence-corrected chi connectivity index (χ4v) is 3.89. The number of nitrogens with one attached hydrogen (secondary N) is 2. The number of nitrogens with zero attached hydrogens (tertiary/aromatic N) is 3. The third kappa shape index (κ3) is 5.82. The van der Waals surface area contributed by atoms with E-state index >= 15 is 0 Å². The lowest BCUT2D eigenvalue weighted by atomic mass is 9.94. The van der Waals surface area contributed by atoms with Crippen molar-refractivity contribution in [2.24, 2.45) is 0 Å². The molecule has 1 aliphatic heterocycles. The monoisotopic (exact) mass is 389 g/mol. The molecule has 1 saturated heterocycles. The van der Waals surface area contributed by atoms with Gasteiger partial charge in [-0.25, -0.2) is 9.78 Å². The molecule has 28 heavy (non-hydrogen) atoms. The highest BCUT2D eigenvalue weighted by molar-refractivity contribution is 5.88. The molecule has 8 heteroatoms. The Kier molecular flexibility index (Phi) is 7.47. The van der Waals surface area contributed by atoms with Crippen LogP contribution in [-0.2, 0) is 4.79 Å². The SMILES string of the molecule is CCNC(=O)Nc1ccc(OCC(=O)N2CCN(C3CCCCC3)CC2)nc1. The fraction of sp³-hybridized carbons (Fsp3) is 0.650. The summed E-state index contributed by atoms with van der Waals surface area (Å²) in [6, 6.07) is 3.78. The minimum Gasteiger partial charge on any atom is -0.468 e. The van der Waals surface area contributed by atoms with E-state index in [2.05, 4.69) is 20.5 Å². The molecule has 3 rings (SSSR count). The average molecular weight is 390 g/mol. The van der Waals surface area contributed by atoms with Crippen molar-refractivity contribution in [3.63, 3.8) is 0 Å². The predicted molar refractivity (Wildman–Crippen MR) is 107 cm³/mol. The number of aromatic nitrogens is 1. The molecule has 154 valence electrons. The van der Waals surface area contributed by atoms with Gasteiger partial charge in [0.25, 0.3) is 5.91 Å². The van der Waals surface area contributed by atoms with Crippen LogP contribution in [0, 0.1) is 0 Å². The van der Waals surface area contributed by atoms with Gasteiger partial charge >= 0.3 is 6.03 Å². The Morgan fingerprint density at radius 2 is 1.89 bits per heavy atom. The molecule has 0 radical (unpaired) electrons. The molecule has 1 saturated carbocycles. The van der Waals surface area contributed by atoms with Gasteiger partial charge in [0.15, 0.2) is 6.61 Å². The lowest BCUT2D eigenvalue weighted by Gasteiger charge is -2.40. The molecule has 2 heterocycles. The molecular weight excluding hydrogens is 358 g/mol. The summed E-state index contributed by atoms with van der Waals surface area (Å²) >= 11 is 0. The van der Waals surface area contributed by atoms with E-state index in [9.17, 15) is 9.59 Å². The van der Waals surface area contributed by atoms with Crippen LogP contribution in [-0.4, -0.2) is 72.1 Å². The summed E-state index contributed by atoms with van der Waals surface area (Å²) in [5.41, 5.74) is 0.573.